The maximum absolute atomic E-state index is 10.6. The summed E-state index contributed by atoms with van der Waals surface area (Å²) in [6.45, 7) is 1.12. The molecule has 0 heterocycles. The average molecular weight is 230 g/mol. The molecule has 1 aromatic carbocycles. The highest BCUT2D eigenvalue weighted by molar-refractivity contribution is 6.33. The van der Waals surface area contributed by atoms with Gasteiger partial charge in [0.1, 0.15) is 0 Å². The molecule has 0 radical (unpaired) electrons. The molecule has 0 spiro atoms. The van der Waals surface area contributed by atoms with Crippen molar-refractivity contribution in [1.29, 1.82) is 0 Å². The van der Waals surface area contributed by atoms with Crippen LogP contribution in [0, 0.1) is 0 Å². The van der Waals surface area contributed by atoms with Crippen molar-refractivity contribution in [2.24, 2.45) is 0 Å². The molecule has 0 bridgehead atoms. The molecule has 1 atom stereocenters. The van der Waals surface area contributed by atoms with Crippen molar-refractivity contribution < 1.29 is 15.0 Å². The number of nitrogens with one attached hydrogen (secondary N) is 1. The van der Waals surface area contributed by atoms with E-state index < -0.39 is 11.6 Å². The number of aliphatic carboxylic acids is 1. The zero-order chi connectivity index (χ0) is 11.5. The Hall–Kier alpha value is -1.26. The van der Waals surface area contributed by atoms with Gasteiger partial charge in [-0.15, -0.1) is 0 Å². The molecule has 3 N–H and O–H groups in total. The van der Waals surface area contributed by atoms with Gasteiger partial charge in [0, 0.05) is 0 Å². The number of halogens is 1. The molecule has 1 aromatic rings. The standard InChI is InChI=1S/C10H12ClNO3/c1-10(15,9(13)14)6-12-8-5-3-2-4-7(8)11/h2-5,12,15H,6H2,1H3,(H,13,14). The van der Waals surface area contributed by atoms with Crippen molar-refractivity contribution in [3.8, 4) is 0 Å². The van der Waals surface area contributed by atoms with E-state index >= 15 is 0 Å². The van der Waals surface area contributed by atoms with Gasteiger partial charge in [0.15, 0.2) is 5.60 Å². The van der Waals surface area contributed by atoms with Crippen molar-refractivity contribution in [1.82, 2.24) is 0 Å². The molecule has 82 valence electrons. The van der Waals surface area contributed by atoms with Crippen molar-refractivity contribution in [2.45, 2.75) is 12.5 Å². The topological polar surface area (TPSA) is 69.6 Å². The second-order valence-electron chi connectivity index (χ2n) is 3.41. The molecule has 0 saturated heterocycles. The van der Waals surface area contributed by atoms with Crippen LogP contribution in [0.15, 0.2) is 24.3 Å². The van der Waals surface area contributed by atoms with Crippen LogP contribution in [0.5, 0.6) is 0 Å². The lowest BCUT2D eigenvalue weighted by Gasteiger charge is -2.19. The molecule has 0 fully saturated rings. The van der Waals surface area contributed by atoms with Crippen LogP contribution >= 0.6 is 11.6 Å². The summed E-state index contributed by atoms with van der Waals surface area (Å²) < 4.78 is 0. The zero-order valence-electron chi connectivity index (χ0n) is 8.20. The van der Waals surface area contributed by atoms with E-state index in [-0.39, 0.29) is 6.54 Å². The first-order valence-corrected chi connectivity index (χ1v) is 4.75. The molecule has 1 unspecified atom stereocenters. The first-order chi connectivity index (χ1) is 6.93. The Balaban J connectivity index is 2.66. The van der Waals surface area contributed by atoms with Crippen LogP contribution in [-0.2, 0) is 4.79 Å². The third-order valence-corrected chi connectivity index (χ3v) is 2.29. The lowest BCUT2D eigenvalue weighted by molar-refractivity contribution is -0.155. The van der Waals surface area contributed by atoms with E-state index in [0.717, 1.165) is 0 Å². The van der Waals surface area contributed by atoms with Crippen LogP contribution in [0.2, 0.25) is 5.02 Å². The van der Waals surface area contributed by atoms with Gasteiger partial charge in [-0.05, 0) is 19.1 Å². The zero-order valence-corrected chi connectivity index (χ0v) is 8.95. The van der Waals surface area contributed by atoms with Crippen molar-refractivity contribution >= 4 is 23.3 Å². The van der Waals surface area contributed by atoms with Crippen LogP contribution in [0.3, 0.4) is 0 Å². The normalized spacial score (nSPS) is 14.3. The van der Waals surface area contributed by atoms with E-state index in [2.05, 4.69) is 5.32 Å². The molecule has 4 nitrogen and oxygen atoms in total. The van der Waals surface area contributed by atoms with E-state index in [1.807, 2.05) is 0 Å². The maximum Gasteiger partial charge on any atom is 0.337 e. The Labute approximate surface area is 92.5 Å². The third-order valence-electron chi connectivity index (χ3n) is 1.96. The predicted molar refractivity (Wildman–Crippen MR) is 58.2 cm³/mol. The molecule has 1 rings (SSSR count). The molecule has 0 aliphatic carbocycles. The van der Waals surface area contributed by atoms with Gasteiger partial charge in [-0.25, -0.2) is 4.79 Å². The van der Waals surface area contributed by atoms with Gasteiger partial charge >= 0.3 is 5.97 Å². The highest BCUT2D eigenvalue weighted by Crippen LogP contribution is 2.21. The van der Waals surface area contributed by atoms with Crippen LogP contribution in [-0.4, -0.2) is 28.3 Å². The number of aliphatic hydroxyl groups is 1. The van der Waals surface area contributed by atoms with Crippen LogP contribution in [0.25, 0.3) is 0 Å². The van der Waals surface area contributed by atoms with Gasteiger partial charge in [0.25, 0.3) is 0 Å². The number of carboxylic acid groups (broad SMARTS) is 1. The largest absolute Gasteiger partial charge is 0.479 e. The number of para-hydroxylation sites is 1. The summed E-state index contributed by atoms with van der Waals surface area (Å²) in [4.78, 5) is 10.6. The van der Waals surface area contributed by atoms with Crippen LogP contribution < -0.4 is 5.32 Å². The summed E-state index contributed by atoms with van der Waals surface area (Å²) in [5.74, 6) is -1.28. The van der Waals surface area contributed by atoms with Gasteiger partial charge in [0.05, 0.1) is 17.3 Å². The number of anilines is 1. The number of carbonyl (C=O) groups is 1. The van der Waals surface area contributed by atoms with E-state index in [9.17, 15) is 9.90 Å². The summed E-state index contributed by atoms with van der Waals surface area (Å²) in [6, 6.07) is 6.92. The predicted octanol–water partition coefficient (Wildman–Crippen LogP) is 1.59. The Bertz CT molecular complexity index is 365. The molecular formula is C10H12ClNO3. The first-order valence-electron chi connectivity index (χ1n) is 4.37. The maximum atomic E-state index is 10.6. The molecule has 0 aromatic heterocycles. The summed E-state index contributed by atoms with van der Waals surface area (Å²) in [5.41, 5.74) is -1.21. The monoisotopic (exact) mass is 229 g/mol. The smallest absolute Gasteiger partial charge is 0.337 e. The highest BCUT2D eigenvalue weighted by atomic mass is 35.5. The number of benzene rings is 1. The van der Waals surface area contributed by atoms with E-state index in [1.165, 1.54) is 6.92 Å². The molecule has 0 aliphatic heterocycles. The van der Waals surface area contributed by atoms with E-state index in [0.29, 0.717) is 10.7 Å². The highest BCUT2D eigenvalue weighted by Gasteiger charge is 2.29. The number of rotatable bonds is 4. The Morgan fingerprint density at radius 2 is 2.13 bits per heavy atom. The SMILES string of the molecule is CC(O)(CNc1ccccc1Cl)C(=O)O. The fourth-order valence-electron chi connectivity index (χ4n) is 0.948. The minimum absolute atomic E-state index is 0.105. The number of hydrogen-bond donors (Lipinski definition) is 3. The second kappa shape index (κ2) is 4.51. The Morgan fingerprint density at radius 3 is 2.67 bits per heavy atom. The Kier molecular flexibility index (Phi) is 3.55. The summed E-state index contributed by atoms with van der Waals surface area (Å²) in [7, 11) is 0. The average Bonchev–Trinajstić information content (AvgIpc) is 2.16. The number of hydrogen-bond acceptors (Lipinski definition) is 3. The molecule has 15 heavy (non-hydrogen) atoms. The summed E-state index contributed by atoms with van der Waals surface area (Å²) >= 11 is 5.84. The second-order valence-corrected chi connectivity index (χ2v) is 3.82. The lowest BCUT2D eigenvalue weighted by Crippen LogP contribution is -2.41. The van der Waals surface area contributed by atoms with Crippen molar-refractivity contribution in [2.75, 3.05) is 11.9 Å². The summed E-state index contributed by atoms with van der Waals surface area (Å²) in [5, 5.41) is 21.4. The fraction of sp³-hybridized carbons (Fsp3) is 0.300. The third kappa shape index (κ3) is 3.11. The van der Waals surface area contributed by atoms with Crippen LogP contribution in [0.4, 0.5) is 5.69 Å². The quantitative estimate of drug-likeness (QED) is 0.733. The van der Waals surface area contributed by atoms with Gasteiger partial charge in [-0.2, -0.15) is 0 Å². The van der Waals surface area contributed by atoms with E-state index in [1.54, 1.807) is 24.3 Å². The van der Waals surface area contributed by atoms with Gasteiger partial charge in [-0.3, -0.25) is 0 Å². The molecule has 5 heteroatoms. The Morgan fingerprint density at radius 1 is 1.53 bits per heavy atom. The number of carboxylic acids is 1. The molecule has 0 amide bonds. The van der Waals surface area contributed by atoms with E-state index in [4.69, 9.17) is 16.7 Å². The van der Waals surface area contributed by atoms with Crippen molar-refractivity contribution in [3.05, 3.63) is 29.3 Å². The van der Waals surface area contributed by atoms with Gasteiger partial charge in [0.2, 0.25) is 0 Å². The van der Waals surface area contributed by atoms with Gasteiger partial charge in [-0.1, -0.05) is 23.7 Å². The molecule has 0 saturated carbocycles. The summed E-state index contributed by atoms with van der Waals surface area (Å²) in [6.07, 6.45) is 0. The molecule has 0 aliphatic rings. The fourth-order valence-corrected chi connectivity index (χ4v) is 1.15. The first kappa shape index (κ1) is 11.8. The van der Waals surface area contributed by atoms with Gasteiger partial charge < -0.3 is 15.5 Å². The van der Waals surface area contributed by atoms with Crippen LogP contribution in [0.1, 0.15) is 6.92 Å². The lowest BCUT2D eigenvalue weighted by atomic mass is 10.1. The van der Waals surface area contributed by atoms with Crippen molar-refractivity contribution in [3.63, 3.8) is 0 Å². The minimum Gasteiger partial charge on any atom is -0.479 e. The molecular weight excluding hydrogens is 218 g/mol. The minimum atomic E-state index is -1.81.